The third-order valence-corrected chi connectivity index (χ3v) is 5.33. The van der Waals surface area contributed by atoms with Crippen LogP contribution in [-0.2, 0) is 0 Å². The van der Waals surface area contributed by atoms with Gasteiger partial charge in [-0.1, -0.05) is 23.1 Å². The van der Waals surface area contributed by atoms with Gasteiger partial charge in [-0.05, 0) is 40.0 Å². The number of amides is 2. The lowest BCUT2D eigenvalue weighted by Crippen LogP contribution is -3.13. The SMILES string of the molecule is CC(C)(C)NC(=O)Nc1nnc(SCC[NH+]2CCCCC2)s1. The monoisotopic (exact) mass is 344 g/mol. The van der Waals surface area contributed by atoms with Gasteiger partial charge in [0, 0.05) is 11.3 Å². The molecule has 1 aromatic rings. The van der Waals surface area contributed by atoms with Crippen LogP contribution in [0.5, 0.6) is 0 Å². The summed E-state index contributed by atoms with van der Waals surface area (Å²) >= 11 is 3.16. The number of aromatic nitrogens is 2. The molecule has 1 fully saturated rings. The highest BCUT2D eigenvalue weighted by atomic mass is 32.2. The van der Waals surface area contributed by atoms with Crippen molar-refractivity contribution in [3.05, 3.63) is 0 Å². The summed E-state index contributed by atoms with van der Waals surface area (Å²) in [6.45, 7) is 9.61. The summed E-state index contributed by atoms with van der Waals surface area (Å²) in [7, 11) is 0. The molecule has 0 atom stereocenters. The Morgan fingerprint density at radius 2 is 2.00 bits per heavy atom. The predicted octanol–water partition coefficient (Wildman–Crippen LogP) is 1.62. The molecular formula is C14H26N5OS2+. The number of piperidine rings is 1. The van der Waals surface area contributed by atoms with E-state index in [9.17, 15) is 4.79 Å². The number of urea groups is 1. The summed E-state index contributed by atoms with van der Waals surface area (Å²) in [5, 5.41) is 14.3. The van der Waals surface area contributed by atoms with E-state index in [4.69, 9.17) is 0 Å². The van der Waals surface area contributed by atoms with Crippen LogP contribution >= 0.6 is 23.1 Å². The minimum absolute atomic E-state index is 0.238. The van der Waals surface area contributed by atoms with Gasteiger partial charge in [-0.15, -0.1) is 10.2 Å². The van der Waals surface area contributed by atoms with Crippen LogP contribution in [0.1, 0.15) is 40.0 Å². The first kappa shape index (κ1) is 17.5. The zero-order valence-electron chi connectivity index (χ0n) is 13.6. The zero-order chi connectivity index (χ0) is 16.0. The number of rotatable bonds is 5. The van der Waals surface area contributed by atoms with E-state index in [1.807, 2.05) is 20.8 Å². The Balaban J connectivity index is 1.70. The minimum atomic E-state index is -0.260. The fraction of sp³-hybridized carbons (Fsp3) is 0.786. The van der Waals surface area contributed by atoms with E-state index in [2.05, 4.69) is 20.8 Å². The van der Waals surface area contributed by atoms with Crippen molar-refractivity contribution >= 4 is 34.3 Å². The second-order valence-corrected chi connectivity index (χ2v) is 8.93. The Morgan fingerprint density at radius 3 is 2.68 bits per heavy atom. The van der Waals surface area contributed by atoms with Crippen LogP contribution in [0, 0.1) is 0 Å². The molecule has 3 N–H and O–H groups in total. The highest BCUT2D eigenvalue weighted by molar-refractivity contribution is 8.01. The Bertz CT molecular complexity index is 480. The maximum Gasteiger partial charge on any atom is 0.321 e. The molecule has 0 saturated carbocycles. The zero-order valence-corrected chi connectivity index (χ0v) is 15.2. The lowest BCUT2D eigenvalue weighted by atomic mass is 10.1. The van der Waals surface area contributed by atoms with Gasteiger partial charge in [-0.3, -0.25) is 5.32 Å². The van der Waals surface area contributed by atoms with Crippen molar-refractivity contribution in [2.75, 3.05) is 30.7 Å². The number of likely N-dealkylation sites (tertiary alicyclic amines) is 1. The van der Waals surface area contributed by atoms with Crippen molar-refractivity contribution in [3.63, 3.8) is 0 Å². The topological polar surface area (TPSA) is 71.3 Å². The highest BCUT2D eigenvalue weighted by Gasteiger charge is 2.16. The predicted molar refractivity (Wildman–Crippen MR) is 92.0 cm³/mol. The van der Waals surface area contributed by atoms with Gasteiger partial charge >= 0.3 is 6.03 Å². The van der Waals surface area contributed by atoms with Crippen molar-refractivity contribution < 1.29 is 9.69 Å². The number of hydrogen-bond donors (Lipinski definition) is 3. The van der Waals surface area contributed by atoms with Gasteiger partial charge in [-0.25, -0.2) is 4.79 Å². The Kier molecular flexibility index (Phi) is 6.46. The van der Waals surface area contributed by atoms with Crippen molar-refractivity contribution in [2.24, 2.45) is 0 Å². The molecule has 0 radical (unpaired) electrons. The number of thioether (sulfide) groups is 1. The molecule has 1 aliphatic rings. The number of carbonyl (C=O) groups excluding carboxylic acids is 1. The van der Waals surface area contributed by atoms with Crippen molar-refractivity contribution in [1.82, 2.24) is 15.5 Å². The molecule has 8 heteroatoms. The lowest BCUT2D eigenvalue weighted by molar-refractivity contribution is -0.902. The molecule has 2 heterocycles. The lowest BCUT2D eigenvalue weighted by Gasteiger charge is -2.22. The second-order valence-electron chi connectivity index (χ2n) is 6.61. The molecule has 22 heavy (non-hydrogen) atoms. The van der Waals surface area contributed by atoms with Gasteiger partial charge in [0.2, 0.25) is 5.13 Å². The molecule has 1 saturated heterocycles. The summed E-state index contributed by atoms with van der Waals surface area (Å²) in [5.74, 6) is 1.05. The standard InChI is InChI=1S/C14H25N5OS2/c1-14(2,3)16-11(20)15-12-17-18-13(22-12)21-10-9-19-7-5-4-6-8-19/h4-10H2,1-3H3,(H2,15,16,17,20)/p+1. The van der Waals surface area contributed by atoms with Gasteiger partial charge in [0.15, 0.2) is 4.34 Å². The largest absolute Gasteiger partial charge is 0.334 e. The smallest absolute Gasteiger partial charge is 0.321 e. The second kappa shape index (κ2) is 8.12. The van der Waals surface area contributed by atoms with E-state index in [-0.39, 0.29) is 11.6 Å². The van der Waals surface area contributed by atoms with E-state index < -0.39 is 0 Å². The molecule has 0 aliphatic carbocycles. The van der Waals surface area contributed by atoms with Crippen molar-refractivity contribution in [3.8, 4) is 0 Å². The normalized spacial score (nSPS) is 16.5. The maximum atomic E-state index is 11.8. The fourth-order valence-corrected chi connectivity index (χ4v) is 4.23. The fourth-order valence-electron chi connectivity index (χ4n) is 2.37. The van der Waals surface area contributed by atoms with Crippen molar-refractivity contribution in [1.29, 1.82) is 0 Å². The molecule has 0 spiro atoms. The van der Waals surface area contributed by atoms with Crippen molar-refractivity contribution in [2.45, 2.75) is 49.9 Å². The van der Waals surface area contributed by atoms with Crippen LogP contribution in [0.3, 0.4) is 0 Å². The molecule has 124 valence electrons. The Labute approximate surface area is 140 Å². The van der Waals surface area contributed by atoms with Crippen LogP contribution < -0.4 is 15.5 Å². The van der Waals surface area contributed by atoms with Crippen LogP contribution in [0.4, 0.5) is 9.93 Å². The third-order valence-electron chi connectivity index (χ3n) is 3.36. The number of nitrogens with zero attached hydrogens (tertiary/aromatic N) is 2. The average Bonchev–Trinajstić information content (AvgIpc) is 2.85. The van der Waals surface area contributed by atoms with E-state index in [1.165, 1.54) is 50.2 Å². The number of carbonyl (C=O) groups is 1. The molecule has 0 bridgehead atoms. The summed E-state index contributed by atoms with van der Waals surface area (Å²) in [5.41, 5.74) is -0.260. The van der Waals surface area contributed by atoms with Crippen LogP contribution in [-0.4, -0.2) is 47.2 Å². The molecule has 2 amide bonds. The van der Waals surface area contributed by atoms with Crippen LogP contribution in [0.15, 0.2) is 4.34 Å². The molecule has 1 aromatic heterocycles. The molecule has 0 aromatic carbocycles. The quantitative estimate of drug-likeness (QED) is 0.561. The Morgan fingerprint density at radius 1 is 1.27 bits per heavy atom. The molecule has 0 unspecified atom stereocenters. The van der Waals surface area contributed by atoms with Gasteiger partial charge in [-0.2, -0.15) is 0 Å². The average molecular weight is 345 g/mol. The van der Waals surface area contributed by atoms with E-state index in [1.54, 1.807) is 16.7 Å². The van der Waals surface area contributed by atoms with Crippen LogP contribution in [0.25, 0.3) is 0 Å². The molecular weight excluding hydrogens is 318 g/mol. The number of quaternary nitrogens is 1. The number of hydrogen-bond acceptors (Lipinski definition) is 5. The van der Waals surface area contributed by atoms with E-state index in [0.717, 1.165) is 10.1 Å². The summed E-state index contributed by atoms with van der Waals surface area (Å²) in [6, 6.07) is -0.238. The minimum Gasteiger partial charge on any atom is -0.334 e. The maximum absolute atomic E-state index is 11.8. The van der Waals surface area contributed by atoms with Gasteiger partial charge in [0.1, 0.15) is 0 Å². The molecule has 6 nitrogen and oxygen atoms in total. The highest BCUT2D eigenvalue weighted by Crippen LogP contribution is 2.24. The summed E-state index contributed by atoms with van der Waals surface area (Å²) in [6.07, 6.45) is 4.10. The Hall–Kier alpha value is -0.860. The van der Waals surface area contributed by atoms with E-state index in [0.29, 0.717) is 5.13 Å². The van der Waals surface area contributed by atoms with Gasteiger partial charge in [0.05, 0.1) is 19.6 Å². The molecule has 2 rings (SSSR count). The van der Waals surface area contributed by atoms with Crippen LogP contribution in [0.2, 0.25) is 0 Å². The van der Waals surface area contributed by atoms with E-state index >= 15 is 0 Å². The van der Waals surface area contributed by atoms with Gasteiger partial charge in [0.25, 0.3) is 0 Å². The first-order chi connectivity index (χ1) is 10.4. The third kappa shape index (κ3) is 6.50. The first-order valence-corrected chi connectivity index (χ1v) is 9.62. The summed E-state index contributed by atoms with van der Waals surface area (Å²) in [4.78, 5) is 13.5. The number of anilines is 1. The number of nitrogens with one attached hydrogen (secondary N) is 3. The first-order valence-electron chi connectivity index (χ1n) is 7.81. The van der Waals surface area contributed by atoms with Gasteiger partial charge < -0.3 is 10.2 Å². The molecule has 1 aliphatic heterocycles. The summed E-state index contributed by atoms with van der Waals surface area (Å²) < 4.78 is 0.919.